The largest absolute Gasteiger partial charge is 0.323 e. The second-order valence-corrected chi connectivity index (χ2v) is 5.47. The first kappa shape index (κ1) is 15.6. The van der Waals surface area contributed by atoms with Gasteiger partial charge in [-0.25, -0.2) is 13.2 Å². The van der Waals surface area contributed by atoms with Crippen molar-refractivity contribution in [3.8, 4) is 0 Å². The van der Waals surface area contributed by atoms with Crippen LogP contribution in [0.5, 0.6) is 0 Å². The summed E-state index contributed by atoms with van der Waals surface area (Å²) < 4.78 is 40.5. The number of benzene rings is 2. The SMILES string of the molecule is Cc1cc(C)c(CC(N)c2c(F)cc(F)cc2F)c(C)c1. The first-order chi connectivity index (χ1) is 9.79. The van der Waals surface area contributed by atoms with Gasteiger partial charge in [-0.3, -0.25) is 0 Å². The Morgan fingerprint density at radius 3 is 1.86 bits per heavy atom. The van der Waals surface area contributed by atoms with Gasteiger partial charge in [-0.05, 0) is 43.9 Å². The zero-order valence-electron chi connectivity index (χ0n) is 12.3. The zero-order chi connectivity index (χ0) is 15.7. The number of nitrogens with two attached hydrogens (primary N) is 1. The van der Waals surface area contributed by atoms with Crippen LogP contribution in [0.15, 0.2) is 24.3 Å². The molecule has 0 aromatic heterocycles. The molecule has 0 radical (unpaired) electrons. The van der Waals surface area contributed by atoms with E-state index in [1.54, 1.807) is 0 Å². The molecule has 0 fully saturated rings. The maximum Gasteiger partial charge on any atom is 0.133 e. The van der Waals surface area contributed by atoms with Gasteiger partial charge in [0.25, 0.3) is 0 Å². The lowest BCUT2D eigenvalue weighted by molar-refractivity contribution is 0.501. The predicted octanol–water partition coefficient (Wildman–Crippen LogP) is 4.27. The van der Waals surface area contributed by atoms with Gasteiger partial charge in [0.1, 0.15) is 17.5 Å². The zero-order valence-corrected chi connectivity index (χ0v) is 12.3. The van der Waals surface area contributed by atoms with E-state index in [2.05, 4.69) is 0 Å². The van der Waals surface area contributed by atoms with Gasteiger partial charge in [0.15, 0.2) is 0 Å². The highest BCUT2D eigenvalue weighted by atomic mass is 19.1. The fourth-order valence-corrected chi connectivity index (χ4v) is 2.76. The Morgan fingerprint density at radius 2 is 1.38 bits per heavy atom. The van der Waals surface area contributed by atoms with Crippen LogP contribution in [0, 0.1) is 38.2 Å². The third kappa shape index (κ3) is 3.27. The normalized spacial score (nSPS) is 12.5. The topological polar surface area (TPSA) is 26.0 Å². The minimum atomic E-state index is -0.942. The Labute approximate surface area is 122 Å². The van der Waals surface area contributed by atoms with Crippen molar-refractivity contribution in [2.75, 3.05) is 0 Å². The summed E-state index contributed by atoms with van der Waals surface area (Å²) in [5.41, 5.74) is 9.85. The van der Waals surface area contributed by atoms with Crippen LogP contribution in [0.4, 0.5) is 13.2 Å². The molecule has 0 bridgehead atoms. The van der Waals surface area contributed by atoms with Gasteiger partial charge < -0.3 is 5.73 Å². The quantitative estimate of drug-likeness (QED) is 0.898. The molecule has 0 spiro atoms. The molecule has 0 aliphatic heterocycles. The number of aryl methyl sites for hydroxylation is 3. The number of halogens is 3. The molecule has 2 rings (SSSR count). The molecule has 1 unspecified atom stereocenters. The lowest BCUT2D eigenvalue weighted by Gasteiger charge is -2.18. The van der Waals surface area contributed by atoms with Crippen LogP contribution in [-0.4, -0.2) is 0 Å². The molecule has 0 heterocycles. The van der Waals surface area contributed by atoms with Crippen molar-refractivity contribution in [1.29, 1.82) is 0 Å². The van der Waals surface area contributed by atoms with Crippen LogP contribution in [0.2, 0.25) is 0 Å². The van der Waals surface area contributed by atoms with Gasteiger partial charge in [-0.15, -0.1) is 0 Å². The van der Waals surface area contributed by atoms with Gasteiger partial charge in [0.05, 0.1) is 0 Å². The molecule has 0 saturated heterocycles. The highest BCUT2D eigenvalue weighted by Gasteiger charge is 2.20. The molecule has 0 aliphatic rings. The number of rotatable bonds is 3. The van der Waals surface area contributed by atoms with Crippen LogP contribution >= 0.6 is 0 Å². The number of hydrogen-bond acceptors (Lipinski definition) is 1. The average molecular weight is 293 g/mol. The smallest absolute Gasteiger partial charge is 0.133 e. The van der Waals surface area contributed by atoms with Crippen molar-refractivity contribution in [2.45, 2.75) is 33.2 Å². The Morgan fingerprint density at radius 1 is 0.905 bits per heavy atom. The fourth-order valence-electron chi connectivity index (χ4n) is 2.76. The van der Waals surface area contributed by atoms with Gasteiger partial charge in [0.2, 0.25) is 0 Å². The lowest BCUT2D eigenvalue weighted by Crippen LogP contribution is -2.18. The maximum absolute atomic E-state index is 13.8. The van der Waals surface area contributed by atoms with Crippen LogP contribution in [-0.2, 0) is 6.42 Å². The molecular formula is C17H18F3N. The molecule has 2 aromatic rings. The van der Waals surface area contributed by atoms with E-state index in [4.69, 9.17) is 5.73 Å². The van der Waals surface area contributed by atoms with Gasteiger partial charge in [-0.1, -0.05) is 17.7 Å². The second-order valence-electron chi connectivity index (χ2n) is 5.47. The summed E-state index contributed by atoms with van der Waals surface area (Å²) in [5.74, 6) is -2.83. The molecule has 1 atom stereocenters. The average Bonchev–Trinajstić information content (AvgIpc) is 2.32. The standard InChI is InChI=1S/C17H18F3N/c1-9-4-10(2)13(11(3)5-9)8-16(21)17-14(19)6-12(18)7-15(17)20/h4-7,16H,8,21H2,1-3H3. The van der Waals surface area contributed by atoms with E-state index in [0.717, 1.165) is 22.3 Å². The monoisotopic (exact) mass is 293 g/mol. The van der Waals surface area contributed by atoms with E-state index >= 15 is 0 Å². The molecule has 0 saturated carbocycles. The maximum atomic E-state index is 13.8. The molecule has 0 aliphatic carbocycles. The summed E-state index contributed by atoms with van der Waals surface area (Å²) >= 11 is 0. The van der Waals surface area contributed by atoms with E-state index in [-0.39, 0.29) is 5.56 Å². The van der Waals surface area contributed by atoms with E-state index < -0.39 is 23.5 Å². The first-order valence-electron chi connectivity index (χ1n) is 6.76. The van der Waals surface area contributed by atoms with Crippen LogP contribution in [0.3, 0.4) is 0 Å². The van der Waals surface area contributed by atoms with Gasteiger partial charge >= 0.3 is 0 Å². The summed E-state index contributed by atoms with van der Waals surface area (Å²) in [6.45, 7) is 5.88. The minimum absolute atomic E-state index is 0.268. The summed E-state index contributed by atoms with van der Waals surface area (Å²) in [7, 11) is 0. The summed E-state index contributed by atoms with van der Waals surface area (Å²) in [4.78, 5) is 0. The first-order valence-corrected chi connectivity index (χ1v) is 6.76. The molecule has 4 heteroatoms. The van der Waals surface area contributed by atoms with E-state index in [9.17, 15) is 13.2 Å². The molecule has 2 N–H and O–H groups in total. The van der Waals surface area contributed by atoms with Gasteiger partial charge in [0, 0.05) is 23.7 Å². The highest BCUT2D eigenvalue weighted by Crippen LogP contribution is 2.26. The van der Waals surface area contributed by atoms with Crippen molar-refractivity contribution in [3.05, 3.63) is 69.5 Å². The molecule has 2 aromatic carbocycles. The Bertz CT molecular complexity index is 634. The minimum Gasteiger partial charge on any atom is -0.323 e. The van der Waals surface area contributed by atoms with Gasteiger partial charge in [-0.2, -0.15) is 0 Å². The van der Waals surface area contributed by atoms with E-state index in [0.29, 0.717) is 18.6 Å². The second kappa shape index (κ2) is 5.90. The van der Waals surface area contributed by atoms with Crippen LogP contribution in [0.25, 0.3) is 0 Å². The summed E-state index contributed by atoms with van der Waals surface area (Å²) in [6, 6.07) is 4.48. The van der Waals surface area contributed by atoms with E-state index in [1.165, 1.54) is 0 Å². The molecule has 112 valence electrons. The molecule has 1 nitrogen and oxygen atoms in total. The third-order valence-corrected chi connectivity index (χ3v) is 3.68. The van der Waals surface area contributed by atoms with Crippen molar-refractivity contribution >= 4 is 0 Å². The molecule has 21 heavy (non-hydrogen) atoms. The summed E-state index contributed by atoms with van der Waals surface area (Å²) in [5, 5.41) is 0. The Hall–Kier alpha value is -1.81. The predicted molar refractivity (Wildman–Crippen MR) is 77.6 cm³/mol. The Balaban J connectivity index is 2.37. The summed E-state index contributed by atoms with van der Waals surface area (Å²) in [6.07, 6.45) is 0.303. The molecular weight excluding hydrogens is 275 g/mol. The lowest BCUT2D eigenvalue weighted by atomic mass is 9.91. The molecule has 0 amide bonds. The highest BCUT2D eigenvalue weighted by molar-refractivity contribution is 5.39. The Kier molecular flexibility index (Phi) is 4.37. The van der Waals surface area contributed by atoms with Crippen molar-refractivity contribution in [3.63, 3.8) is 0 Å². The van der Waals surface area contributed by atoms with Crippen molar-refractivity contribution in [1.82, 2.24) is 0 Å². The third-order valence-electron chi connectivity index (χ3n) is 3.68. The van der Waals surface area contributed by atoms with Crippen LogP contribution in [0.1, 0.15) is 33.9 Å². The number of hydrogen-bond donors (Lipinski definition) is 1. The fraction of sp³-hybridized carbons (Fsp3) is 0.294. The van der Waals surface area contributed by atoms with Crippen LogP contribution < -0.4 is 5.73 Å². The van der Waals surface area contributed by atoms with Crippen molar-refractivity contribution in [2.24, 2.45) is 5.73 Å². The van der Waals surface area contributed by atoms with Crippen molar-refractivity contribution < 1.29 is 13.2 Å². The van der Waals surface area contributed by atoms with E-state index in [1.807, 2.05) is 32.9 Å².